The monoisotopic (exact) mass is 426 g/mol. The first-order chi connectivity index (χ1) is 9.27. The van der Waals surface area contributed by atoms with Gasteiger partial charge >= 0.3 is 27.4 Å². The highest BCUT2D eigenvalue weighted by Crippen LogP contribution is 2.28. The van der Waals surface area contributed by atoms with Gasteiger partial charge in [0.15, 0.2) is 7.14 Å². The molecule has 114 valence electrons. The predicted molar refractivity (Wildman–Crippen MR) is 69.5 cm³/mol. The second kappa shape index (κ2) is 7.01. The maximum atomic E-state index is 12.7. The van der Waals surface area contributed by atoms with E-state index < -0.39 is 32.9 Å². The highest BCUT2D eigenvalue weighted by molar-refractivity contribution is 5.27. The van der Waals surface area contributed by atoms with E-state index in [0.717, 1.165) is 9.64 Å². The van der Waals surface area contributed by atoms with Crippen LogP contribution in [0.25, 0.3) is 0 Å². The summed E-state index contributed by atoms with van der Waals surface area (Å²) in [7, 11) is 0. The molecule has 0 aliphatic carbocycles. The molecule has 0 spiro atoms. The van der Waals surface area contributed by atoms with Crippen LogP contribution >= 0.6 is 0 Å². The number of hydrogen-bond donors (Lipinski definition) is 0. The Morgan fingerprint density at radius 1 is 0.905 bits per heavy atom. The molecule has 0 nitrogen and oxygen atoms in total. The molecule has 0 unspecified atom stereocenters. The van der Waals surface area contributed by atoms with Gasteiger partial charge in [0.05, 0.1) is 5.56 Å². The highest BCUT2D eigenvalue weighted by Gasteiger charge is 2.32. The molecule has 21 heavy (non-hydrogen) atoms. The van der Waals surface area contributed by atoms with E-state index in [0.29, 0.717) is 0 Å². The van der Waals surface area contributed by atoms with Crippen molar-refractivity contribution < 1.29 is 46.8 Å². The molecule has 0 bridgehead atoms. The highest BCUT2D eigenvalue weighted by atomic mass is 127. The average Bonchev–Trinajstić information content (AvgIpc) is 2.33. The van der Waals surface area contributed by atoms with Crippen molar-refractivity contribution in [2.45, 2.75) is 26.9 Å². The standard InChI is InChI=1S/C16H15F3I.ClH/c1-10-7-11(2)15(12(3)8-10)20-14-6-4-5-13(9-14)16(17,18)19;/h4-9H,1-3H3;1H/q+1;/p-1. The molecular formula is C16H15ClF3I. The van der Waals surface area contributed by atoms with Crippen LogP contribution in [0.4, 0.5) is 13.2 Å². The zero-order chi connectivity index (χ0) is 14.9. The number of aryl methyl sites for hydroxylation is 3. The Balaban J connectivity index is 0.00000220. The van der Waals surface area contributed by atoms with Gasteiger partial charge in [-0.25, -0.2) is 0 Å². The second-order valence-electron chi connectivity index (χ2n) is 4.82. The third-order valence-electron chi connectivity index (χ3n) is 2.94. The minimum Gasteiger partial charge on any atom is -1.00 e. The van der Waals surface area contributed by atoms with Crippen molar-refractivity contribution in [1.29, 1.82) is 0 Å². The van der Waals surface area contributed by atoms with Crippen LogP contribution in [0, 0.1) is 27.9 Å². The van der Waals surface area contributed by atoms with Gasteiger partial charge in [0, 0.05) is 17.2 Å². The molecule has 0 fully saturated rings. The van der Waals surface area contributed by atoms with Crippen LogP contribution < -0.4 is 33.6 Å². The van der Waals surface area contributed by atoms with Gasteiger partial charge in [-0.1, -0.05) is 23.8 Å². The van der Waals surface area contributed by atoms with E-state index in [1.54, 1.807) is 6.07 Å². The molecule has 2 aromatic rings. The maximum Gasteiger partial charge on any atom is 0.416 e. The summed E-state index contributed by atoms with van der Waals surface area (Å²) < 4.78 is 40.2. The Hall–Kier alpha value is -0.750. The predicted octanol–water partition coefficient (Wildman–Crippen LogP) is -1.24. The molecule has 2 rings (SSSR count). The van der Waals surface area contributed by atoms with Crippen molar-refractivity contribution in [3.8, 4) is 0 Å². The van der Waals surface area contributed by atoms with Gasteiger partial charge in [0.2, 0.25) is 0 Å². The average molecular weight is 427 g/mol. The zero-order valence-corrected chi connectivity index (χ0v) is 14.8. The second-order valence-corrected chi connectivity index (χ2v) is 7.68. The van der Waals surface area contributed by atoms with Crippen LogP contribution in [-0.2, 0) is 6.18 Å². The Bertz CT molecular complexity index is 613. The summed E-state index contributed by atoms with van der Waals surface area (Å²) in [6.07, 6.45) is -4.27. The largest absolute Gasteiger partial charge is 1.00 e. The van der Waals surface area contributed by atoms with Crippen molar-refractivity contribution >= 4 is 0 Å². The fraction of sp³-hybridized carbons (Fsp3) is 0.250. The maximum absolute atomic E-state index is 12.7. The van der Waals surface area contributed by atoms with E-state index in [4.69, 9.17) is 0 Å². The van der Waals surface area contributed by atoms with Gasteiger partial charge < -0.3 is 12.4 Å². The fourth-order valence-electron chi connectivity index (χ4n) is 2.14. The van der Waals surface area contributed by atoms with Crippen molar-refractivity contribution in [1.82, 2.24) is 0 Å². The quantitative estimate of drug-likeness (QED) is 0.528. The van der Waals surface area contributed by atoms with E-state index in [9.17, 15) is 13.2 Å². The van der Waals surface area contributed by atoms with Crippen molar-refractivity contribution in [3.63, 3.8) is 0 Å². The van der Waals surface area contributed by atoms with Crippen LogP contribution in [0.3, 0.4) is 0 Å². The third kappa shape index (κ3) is 4.61. The van der Waals surface area contributed by atoms with Gasteiger partial charge in [-0.15, -0.1) is 0 Å². The molecule has 0 aliphatic heterocycles. The van der Waals surface area contributed by atoms with Gasteiger partial charge in [0.25, 0.3) is 0 Å². The lowest BCUT2D eigenvalue weighted by Crippen LogP contribution is -3.62. The van der Waals surface area contributed by atoms with Crippen LogP contribution in [0.15, 0.2) is 36.4 Å². The minimum absolute atomic E-state index is 0. The van der Waals surface area contributed by atoms with Gasteiger partial charge in [-0.05, 0) is 32.9 Å². The molecule has 2 aromatic carbocycles. The number of halogens is 5. The van der Waals surface area contributed by atoms with E-state index in [1.165, 1.54) is 32.4 Å². The van der Waals surface area contributed by atoms with E-state index in [1.807, 2.05) is 20.8 Å². The molecule has 0 saturated heterocycles. The molecule has 0 aliphatic rings. The summed E-state index contributed by atoms with van der Waals surface area (Å²) >= 11 is -0.593. The molecule has 0 amide bonds. The van der Waals surface area contributed by atoms with Crippen molar-refractivity contribution in [3.05, 3.63) is 65.8 Å². The number of hydrogen-bond acceptors (Lipinski definition) is 0. The van der Waals surface area contributed by atoms with Gasteiger partial charge in [-0.3, -0.25) is 0 Å². The van der Waals surface area contributed by atoms with Gasteiger partial charge in [-0.2, -0.15) is 13.2 Å². The molecule has 0 radical (unpaired) electrons. The molecule has 0 N–H and O–H groups in total. The first kappa shape index (κ1) is 18.3. The lowest BCUT2D eigenvalue weighted by molar-refractivity contribution is -0.598. The Morgan fingerprint density at radius 3 is 2.00 bits per heavy atom. The molecule has 0 atom stereocenters. The molecule has 5 heteroatoms. The van der Waals surface area contributed by atoms with Gasteiger partial charge in [0.1, 0.15) is 0 Å². The normalized spacial score (nSPS) is 11.1. The van der Waals surface area contributed by atoms with E-state index >= 15 is 0 Å². The van der Waals surface area contributed by atoms with Crippen LogP contribution in [0.1, 0.15) is 22.3 Å². The minimum atomic E-state index is -4.27. The summed E-state index contributed by atoms with van der Waals surface area (Å²) in [5.74, 6) is 0. The van der Waals surface area contributed by atoms with Crippen molar-refractivity contribution in [2.75, 3.05) is 0 Å². The van der Waals surface area contributed by atoms with Crippen molar-refractivity contribution in [2.24, 2.45) is 0 Å². The van der Waals surface area contributed by atoms with E-state index in [-0.39, 0.29) is 12.4 Å². The Labute approximate surface area is 139 Å². The molecule has 0 saturated carbocycles. The zero-order valence-electron chi connectivity index (χ0n) is 11.9. The summed E-state index contributed by atoms with van der Waals surface area (Å²) in [6, 6.07) is 9.89. The lowest BCUT2D eigenvalue weighted by atomic mass is 10.1. The summed E-state index contributed by atoms with van der Waals surface area (Å²) in [5.41, 5.74) is 2.98. The SMILES string of the molecule is Cc1cc(C)c([I+]c2cccc(C(F)(F)F)c2)c(C)c1.[Cl-]. The van der Waals surface area contributed by atoms with Crippen LogP contribution in [0.2, 0.25) is 0 Å². The fourth-order valence-corrected chi connectivity index (χ4v) is 4.81. The number of alkyl halides is 3. The number of rotatable bonds is 2. The van der Waals surface area contributed by atoms with Crippen LogP contribution in [0.5, 0.6) is 0 Å². The summed E-state index contributed by atoms with van der Waals surface area (Å²) in [4.78, 5) is 0. The molecule has 0 heterocycles. The Kier molecular flexibility index (Phi) is 6.11. The van der Waals surface area contributed by atoms with Crippen LogP contribution in [-0.4, -0.2) is 0 Å². The summed E-state index contributed by atoms with van der Waals surface area (Å²) in [6.45, 7) is 6.09. The molecule has 0 aromatic heterocycles. The number of benzene rings is 2. The lowest BCUT2D eigenvalue weighted by Gasteiger charge is -2.05. The first-order valence-corrected chi connectivity index (χ1v) is 8.33. The smallest absolute Gasteiger partial charge is 0.416 e. The Morgan fingerprint density at radius 2 is 1.48 bits per heavy atom. The topological polar surface area (TPSA) is 0 Å². The first-order valence-electron chi connectivity index (χ1n) is 6.17. The molecular weight excluding hydrogens is 412 g/mol. The summed E-state index contributed by atoms with van der Waals surface area (Å²) in [5, 5.41) is 0. The third-order valence-corrected chi connectivity index (χ3v) is 6.47. The van der Waals surface area contributed by atoms with E-state index in [2.05, 4.69) is 12.1 Å².